The molecule has 2 rings (SSSR count). The van der Waals surface area contributed by atoms with Gasteiger partial charge in [0.15, 0.2) is 5.16 Å². The molecule has 1 aliphatic rings. The molecule has 0 aromatic carbocycles. The second kappa shape index (κ2) is 5.50. The van der Waals surface area contributed by atoms with Crippen LogP contribution in [0.3, 0.4) is 0 Å². The Balaban J connectivity index is 2.01. The van der Waals surface area contributed by atoms with Crippen molar-refractivity contribution in [3.8, 4) is 0 Å². The van der Waals surface area contributed by atoms with Crippen LogP contribution in [0.2, 0.25) is 0 Å². The van der Waals surface area contributed by atoms with E-state index in [1.165, 1.54) is 16.4 Å². The summed E-state index contributed by atoms with van der Waals surface area (Å²) >= 11 is 1.53. The van der Waals surface area contributed by atoms with Crippen LogP contribution < -0.4 is 16.4 Å². The van der Waals surface area contributed by atoms with Crippen molar-refractivity contribution in [2.75, 3.05) is 18.8 Å². The molecule has 0 bridgehead atoms. The zero-order valence-electron chi connectivity index (χ0n) is 9.73. The molecular formula is C10H16N4O2S. The summed E-state index contributed by atoms with van der Waals surface area (Å²) < 4.78 is 1.51. The van der Waals surface area contributed by atoms with Crippen LogP contribution in [0.5, 0.6) is 0 Å². The molecule has 0 spiro atoms. The highest BCUT2D eigenvalue weighted by atomic mass is 32.2. The molecule has 6 nitrogen and oxygen atoms in total. The highest BCUT2D eigenvalue weighted by Gasteiger charge is 2.14. The van der Waals surface area contributed by atoms with E-state index in [1.54, 1.807) is 7.05 Å². The first kappa shape index (κ1) is 12.4. The van der Waals surface area contributed by atoms with E-state index in [4.69, 9.17) is 0 Å². The predicted octanol–water partition coefficient (Wildman–Crippen LogP) is -0.440. The van der Waals surface area contributed by atoms with Crippen LogP contribution in [0.25, 0.3) is 0 Å². The van der Waals surface area contributed by atoms with Gasteiger partial charge in [-0.05, 0) is 31.8 Å². The summed E-state index contributed by atoms with van der Waals surface area (Å²) in [5, 5.41) is 6.34. The summed E-state index contributed by atoms with van der Waals surface area (Å²) in [5.41, 5.74) is -1.38. The number of rotatable bonds is 3. The number of piperidine rings is 1. The first-order valence-corrected chi connectivity index (χ1v) is 6.66. The van der Waals surface area contributed by atoms with Gasteiger partial charge >= 0.3 is 11.1 Å². The molecule has 2 N–H and O–H groups in total. The normalized spacial score (nSPS) is 17.2. The number of aromatic nitrogens is 3. The summed E-state index contributed by atoms with van der Waals surface area (Å²) in [5.74, 6) is 1.60. The third-order valence-electron chi connectivity index (χ3n) is 2.85. The van der Waals surface area contributed by atoms with Crippen molar-refractivity contribution >= 4 is 11.8 Å². The van der Waals surface area contributed by atoms with Gasteiger partial charge in [-0.3, -0.25) is 19.4 Å². The average molecular weight is 256 g/mol. The Hall–Kier alpha value is -1.08. The van der Waals surface area contributed by atoms with Gasteiger partial charge in [-0.1, -0.05) is 11.8 Å². The largest absolute Gasteiger partial charge is 0.339 e. The molecule has 1 aromatic heterocycles. The number of aromatic amines is 1. The Labute approximate surface area is 103 Å². The molecule has 1 saturated heterocycles. The molecule has 0 aliphatic carbocycles. The van der Waals surface area contributed by atoms with Gasteiger partial charge < -0.3 is 5.32 Å². The molecule has 17 heavy (non-hydrogen) atoms. The van der Waals surface area contributed by atoms with E-state index in [-0.39, 0.29) is 0 Å². The number of hydrogen-bond acceptors (Lipinski definition) is 5. The van der Waals surface area contributed by atoms with Gasteiger partial charge in [-0.15, -0.1) is 0 Å². The smallest absolute Gasteiger partial charge is 0.317 e. The fourth-order valence-electron chi connectivity index (χ4n) is 1.83. The lowest BCUT2D eigenvalue weighted by Gasteiger charge is -2.21. The lowest BCUT2D eigenvalue weighted by atomic mass is 10.0. The van der Waals surface area contributed by atoms with Crippen LogP contribution in [-0.4, -0.2) is 33.6 Å². The number of thioether (sulfide) groups is 1. The monoisotopic (exact) mass is 256 g/mol. The first-order chi connectivity index (χ1) is 8.16. The molecule has 1 aromatic rings. The summed E-state index contributed by atoms with van der Waals surface area (Å²) in [7, 11) is 1.69. The van der Waals surface area contributed by atoms with E-state index in [0.717, 1.165) is 31.7 Å². The molecule has 0 atom stereocenters. The van der Waals surface area contributed by atoms with Gasteiger partial charge in [0.05, 0.1) is 0 Å². The van der Waals surface area contributed by atoms with E-state index in [9.17, 15) is 9.59 Å². The van der Waals surface area contributed by atoms with Crippen molar-refractivity contribution in [1.29, 1.82) is 0 Å². The second-order valence-corrected chi connectivity index (χ2v) is 5.19. The summed E-state index contributed by atoms with van der Waals surface area (Å²) in [6.07, 6.45) is 2.31. The first-order valence-electron chi connectivity index (χ1n) is 5.67. The van der Waals surface area contributed by atoms with Gasteiger partial charge in [0, 0.05) is 12.8 Å². The molecular weight excluding hydrogens is 240 g/mol. The number of nitrogens with zero attached hydrogens (tertiary/aromatic N) is 2. The van der Waals surface area contributed by atoms with E-state index in [1.807, 2.05) is 0 Å². The third-order valence-corrected chi connectivity index (χ3v) is 4.12. The van der Waals surface area contributed by atoms with Crippen LogP contribution >= 0.6 is 11.8 Å². The highest BCUT2D eigenvalue weighted by Crippen LogP contribution is 2.21. The maximum Gasteiger partial charge on any atom is 0.339 e. The maximum atomic E-state index is 11.2. The van der Waals surface area contributed by atoms with E-state index < -0.39 is 11.1 Å². The molecule has 1 aliphatic heterocycles. The van der Waals surface area contributed by atoms with Crippen LogP contribution in [0, 0.1) is 5.92 Å². The summed E-state index contributed by atoms with van der Waals surface area (Å²) in [6.45, 7) is 2.12. The Morgan fingerprint density at radius 1 is 1.41 bits per heavy atom. The van der Waals surface area contributed by atoms with E-state index >= 15 is 0 Å². The molecule has 0 unspecified atom stereocenters. The lowest BCUT2D eigenvalue weighted by molar-refractivity contribution is 0.407. The van der Waals surface area contributed by atoms with Crippen molar-refractivity contribution in [3.63, 3.8) is 0 Å². The maximum absolute atomic E-state index is 11.2. The summed E-state index contributed by atoms with van der Waals surface area (Å²) in [4.78, 5) is 25.9. The summed E-state index contributed by atoms with van der Waals surface area (Å²) in [6, 6.07) is 0. The minimum atomic E-state index is -0.712. The molecule has 0 radical (unpaired) electrons. The zero-order chi connectivity index (χ0) is 12.3. The van der Waals surface area contributed by atoms with Crippen LogP contribution in [0.15, 0.2) is 14.7 Å². The minimum Gasteiger partial charge on any atom is -0.317 e. The topological polar surface area (TPSA) is 79.8 Å². The lowest BCUT2D eigenvalue weighted by Crippen LogP contribution is -2.34. The van der Waals surface area contributed by atoms with Gasteiger partial charge in [-0.25, -0.2) is 0 Å². The Morgan fingerprint density at radius 3 is 2.82 bits per heavy atom. The van der Waals surface area contributed by atoms with E-state index in [0.29, 0.717) is 11.1 Å². The van der Waals surface area contributed by atoms with Gasteiger partial charge in [-0.2, -0.15) is 4.98 Å². The Bertz CT molecular complexity index is 490. The highest BCUT2D eigenvalue weighted by molar-refractivity contribution is 7.99. The average Bonchev–Trinajstić information content (AvgIpc) is 2.33. The Morgan fingerprint density at radius 2 is 2.12 bits per heavy atom. The molecule has 1 fully saturated rings. The predicted molar refractivity (Wildman–Crippen MR) is 66.4 cm³/mol. The van der Waals surface area contributed by atoms with Crippen molar-refractivity contribution in [3.05, 3.63) is 20.7 Å². The molecule has 0 saturated carbocycles. The van der Waals surface area contributed by atoms with Gasteiger partial charge in [0.1, 0.15) is 0 Å². The third kappa shape index (κ3) is 3.19. The van der Waals surface area contributed by atoms with Crippen molar-refractivity contribution in [2.45, 2.75) is 18.0 Å². The van der Waals surface area contributed by atoms with E-state index in [2.05, 4.69) is 15.4 Å². The zero-order valence-corrected chi connectivity index (χ0v) is 10.5. The number of aryl methyl sites for hydroxylation is 1. The van der Waals surface area contributed by atoms with Crippen LogP contribution in [0.1, 0.15) is 12.8 Å². The number of H-pyrrole nitrogens is 1. The minimum absolute atomic E-state index is 0.577. The quantitative estimate of drug-likeness (QED) is 0.566. The van der Waals surface area contributed by atoms with Crippen molar-refractivity contribution < 1.29 is 0 Å². The molecule has 7 heteroatoms. The fraction of sp³-hybridized carbons (Fsp3) is 0.700. The van der Waals surface area contributed by atoms with Crippen LogP contribution in [-0.2, 0) is 7.05 Å². The molecule has 94 valence electrons. The Kier molecular flexibility index (Phi) is 4.01. The van der Waals surface area contributed by atoms with Crippen molar-refractivity contribution in [2.24, 2.45) is 13.0 Å². The standard InChI is InChI=1S/C10H16N4O2S/c1-14-10(12-8(15)9(16)13-14)17-6-7-2-4-11-5-3-7/h7,11H,2-6H2,1H3,(H,13,16). The van der Waals surface area contributed by atoms with Crippen molar-refractivity contribution in [1.82, 2.24) is 20.1 Å². The van der Waals surface area contributed by atoms with Gasteiger partial charge in [0.2, 0.25) is 0 Å². The SMILES string of the molecule is Cn1[nH]c(=O)c(=O)nc1SCC1CCNCC1. The van der Waals surface area contributed by atoms with Crippen LogP contribution in [0.4, 0.5) is 0 Å². The number of hydrogen-bond donors (Lipinski definition) is 2. The van der Waals surface area contributed by atoms with Gasteiger partial charge in [0.25, 0.3) is 0 Å². The second-order valence-electron chi connectivity index (χ2n) is 4.20. The molecule has 0 amide bonds. The molecule has 2 heterocycles. The fourth-order valence-corrected chi connectivity index (χ4v) is 2.94. The number of nitrogens with one attached hydrogen (secondary N) is 2.